The third-order valence-corrected chi connectivity index (χ3v) is 5.69. The predicted octanol–water partition coefficient (Wildman–Crippen LogP) is 6.67. The van der Waals surface area contributed by atoms with Crippen LogP contribution in [0, 0.1) is 17.2 Å². The lowest BCUT2D eigenvalue weighted by molar-refractivity contribution is -0.128. The molecule has 0 fully saturated rings. The molecule has 0 spiro atoms. The van der Waals surface area contributed by atoms with E-state index in [2.05, 4.69) is 36.6 Å². The number of ether oxygens (including phenoxy) is 2. The molecule has 192 valence electrons. The van der Waals surface area contributed by atoms with Crippen molar-refractivity contribution >= 4 is 17.4 Å². The Morgan fingerprint density at radius 1 is 1.06 bits per heavy atom. The van der Waals surface area contributed by atoms with Crippen molar-refractivity contribution in [2.24, 2.45) is 5.92 Å². The van der Waals surface area contributed by atoms with Crippen molar-refractivity contribution < 1.29 is 18.7 Å². The molecular weight excluding hydrogens is 456 g/mol. The minimum Gasteiger partial charge on any atom is -0.478 e. The Balaban J connectivity index is 0.000000830. The second-order valence-corrected chi connectivity index (χ2v) is 8.94. The molecule has 0 saturated heterocycles. The Kier molecular flexibility index (Phi) is 12.8. The highest BCUT2D eigenvalue weighted by Gasteiger charge is 2.10. The zero-order chi connectivity index (χ0) is 26.2. The summed E-state index contributed by atoms with van der Waals surface area (Å²) in [7, 11) is 0. The van der Waals surface area contributed by atoms with Gasteiger partial charge >= 0.3 is 5.63 Å². The van der Waals surface area contributed by atoms with Crippen molar-refractivity contribution in [1.82, 2.24) is 4.98 Å². The first-order chi connectivity index (χ1) is 17.5. The van der Waals surface area contributed by atoms with E-state index in [1.54, 1.807) is 36.4 Å². The standard InChI is InChI=1S/C24H24N2O5.C5H12/c25-15-18-8-7-9-19(12-18)21-13-20-14-23(26-16-22(20)31-24(21)28)30-11-6-4-2-1-3-5-10-29-17-27;1-4-5(2)3/h7-9,12-14,16-17H,1-6,10-11H2;5H,4H2,1-3H3. The number of fused-ring (bicyclic) bond motifs is 1. The molecule has 36 heavy (non-hydrogen) atoms. The van der Waals surface area contributed by atoms with Gasteiger partial charge in [-0.1, -0.05) is 65.0 Å². The zero-order valence-electron chi connectivity index (χ0n) is 21.5. The van der Waals surface area contributed by atoms with E-state index in [1.165, 1.54) is 12.6 Å². The quantitative estimate of drug-likeness (QED) is 0.194. The van der Waals surface area contributed by atoms with Gasteiger partial charge in [-0.25, -0.2) is 9.78 Å². The van der Waals surface area contributed by atoms with Gasteiger partial charge < -0.3 is 13.9 Å². The van der Waals surface area contributed by atoms with Gasteiger partial charge in [0.2, 0.25) is 5.88 Å². The third kappa shape index (κ3) is 9.91. The number of nitriles is 1. The van der Waals surface area contributed by atoms with E-state index in [1.807, 2.05) is 0 Å². The van der Waals surface area contributed by atoms with Crippen LogP contribution in [0.25, 0.3) is 22.1 Å². The maximum atomic E-state index is 12.4. The predicted molar refractivity (Wildman–Crippen MR) is 141 cm³/mol. The molecule has 0 radical (unpaired) electrons. The van der Waals surface area contributed by atoms with E-state index in [9.17, 15) is 9.59 Å². The summed E-state index contributed by atoms with van der Waals surface area (Å²) in [6.45, 7) is 8.18. The molecule has 0 aliphatic rings. The van der Waals surface area contributed by atoms with Gasteiger partial charge in [-0.05, 0) is 42.5 Å². The Hall–Kier alpha value is -3.66. The summed E-state index contributed by atoms with van der Waals surface area (Å²) < 4.78 is 15.8. The van der Waals surface area contributed by atoms with Crippen LogP contribution in [0.2, 0.25) is 0 Å². The highest BCUT2D eigenvalue weighted by atomic mass is 16.5. The number of carbonyl (C=O) groups is 1. The minimum absolute atomic E-state index is 0.385. The number of nitrogens with zero attached hydrogens (tertiary/aromatic N) is 2. The molecule has 7 heteroatoms. The molecule has 7 nitrogen and oxygen atoms in total. The first-order valence-corrected chi connectivity index (χ1v) is 12.6. The van der Waals surface area contributed by atoms with Crippen LogP contribution in [-0.2, 0) is 9.53 Å². The largest absolute Gasteiger partial charge is 0.478 e. The number of hydrogen-bond donors (Lipinski definition) is 0. The summed E-state index contributed by atoms with van der Waals surface area (Å²) in [6.07, 6.45) is 8.91. The fourth-order valence-corrected chi connectivity index (χ4v) is 3.26. The second-order valence-electron chi connectivity index (χ2n) is 8.94. The van der Waals surface area contributed by atoms with Crippen LogP contribution < -0.4 is 10.4 Å². The van der Waals surface area contributed by atoms with E-state index in [0.29, 0.717) is 53.2 Å². The molecule has 0 atom stereocenters. The van der Waals surface area contributed by atoms with Gasteiger partial charge in [-0.15, -0.1) is 0 Å². The van der Waals surface area contributed by atoms with Crippen molar-refractivity contribution in [3.63, 3.8) is 0 Å². The highest BCUT2D eigenvalue weighted by molar-refractivity contribution is 5.82. The molecule has 0 amide bonds. The van der Waals surface area contributed by atoms with Gasteiger partial charge in [0.1, 0.15) is 0 Å². The molecule has 0 N–H and O–H groups in total. The van der Waals surface area contributed by atoms with Gasteiger partial charge in [-0.2, -0.15) is 5.26 Å². The molecule has 3 rings (SSSR count). The normalized spacial score (nSPS) is 10.4. The average molecular weight is 493 g/mol. The fourth-order valence-electron chi connectivity index (χ4n) is 3.26. The lowest BCUT2D eigenvalue weighted by Crippen LogP contribution is -2.04. The number of unbranched alkanes of at least 4 members (excludes halogenated alkanes) is 5. The number of benzene rings is 1. The lowest BCUT2D eigenvalue weighted by Gasteiger charge is -2.07. The van der Waals surface area contributed by atoms with Crippen LogP contribution in [0.15, 0.2) is 51.8 Å². The summed E-state index contributed by atoms with van der Waals surface area (Å²) in [5.41, 5.74) is 1.41. The van der Waals surface area contributed by atoms with Gasteiger partial charge in [0.05, 0.1) is 36.6 Å². The molecule has 0 aliphatic heterocycles. The van der Waals surface area contributed by atoms with E-state index in [-0.39, 0.29) is 0 Å². The molecule has 1 aromatic carbocycles. The Labute approximate surface area is 213 Å². The molecule has 2 aromatic heterocycles. The topological polar surface area (TPSA) is 102 Å². The highest BCUT2D eigenvalue weighted by Crippen LogP contribution is 2.24. The first-order valence-electron chi connectivity index (χ1n) is 12.6. The van der Waals surface area contributed by atoms with Crippen LogP contribution >= 0.6 is 0 Å². The van der Waals surface area contributed by atoms with Crippen LogP contribution in [0.4, 0.5) is 0 Å². The van der Waals surface area contributed by atoms with E-state index < -0.39 is 5.63 Å². The van der Waals surface area contributed by atoms with Crippen molar-refractivity contribution in [3.05, 3.63) is 58.6 Å². The number of aromatic nitrogens is 1. The minimum atomic E-state index is -0.476. The molecule has 0 saturated carbocycles. The molecule has 3 aromatic rings. The number of hydrogen-bond acceptors (Lipinski definition) is 7. The Morgan fingerprint density at radius 3 is 2.42 bits per heavy atom. The molecular formula is C29H36N2O5. The van der Waals surface area contributed by atoms with Gasteiger partial charge in [0.15, 0.2) is 5.58 Å². The average Bonchev–Trinajstić information content (AvgIpc) is 2.89. The SMILES string of the molecule is CCC(C)C.N#Cc1cccc(-c2cc3cc(OCCCCCCCCOC=O)ncc3oc2=O)c1. The van der Waals surface area contributed by atoms with Crippen molar-refractivity contribution in [1.29, 1.82) is 5.26 Å². The monoisotopic (exact) mass is 492 g/mol. The van der Waals surface area contributed by atoms with E-state index >= 15 is 0 Å². The van der Waals surface area contributed by atoms with Crippen molar-refractivity contribution in [3.8, 4) is 23.1 Å². The van der Waals surface area contributed by atoms with Crippen molar-refractivity contribution in [2.45, 2.75) is 65.7 Å². The van der Waals surface area contributed by atoms with Crippen LogP contribution in [0.3, 0.4) is 0 Å². The number of rotatable bonds is 13. The van der Waals surface area contributed by atoms with Crippen LogP contribution in [0.5, 0.6) is 5.88 Å². The molecule has 0 aliphatic carbocycles. The summed E-state index contributed by atoms with van der Waals surface area (Å²) >= 11 is 0. The van der Waals surface area contributed by atoms with Gasteiger partial charge in [0.25, 0.3) is 6.47 Å². The number of pyridine rings is 1. The van der Waals surface area contributed by atoms with Gasteiger partial charge in [0, 0.05) is 11.5 Å². The van der Waals surface area contributed by atoms with E-state index in [4.69, 9.17) is 14.4 Å². The Bertz CT molecular complexity index is 1180. The molecule has 2 heterocycles. The third-order valence-electron chi connectivity index (χ3n) is 5.69. The van der Waals surface area contributed by atoms with Crippen LogP contribution in [-0.4, -0.2) is 24.7 Å². The smallest absolute Gasteiger partial charge is 0.344 e. The molecule has 0 bridgehead atoms. The Morgan fingerprint density at radius 2 is 1.75 bits per heavy atom. The first kappa shape index (κ1) is 28.6. The summed E-state index contributed by atoms with van der Waals surface area (Å²) in [6, 6.07) is 12.4. The second kappa shape index (κ2) is 16.1. The summed E-state index contributed by atoms with van der Waals surface area (Å²) in [5.74, 6) is 1.36. The maximum absolute atomic E-state index is 12.4. The fraction of sp³-hybridized carbons (Fsp3) is 0.448. The summed E-state index contributed by atoms with van der Waals surface area (Å²) in [4.78, 5) is 26.6. The van der Waals surface area contributed by atoms with Crippen molar-refractivity contribution in [2.75, 3.05) is 13.2 Å². The van der Waals surface area contributed by atoms with Crippen LogP contribution in [0.1, 0.15) is 71.3 Å². The lowest BCUT2D eigenvalue weighted by atomic mass is 10.0. The summed E-state index contributed by atoms with van der Waals surface area (Å²) in [5, 5.41) is 9.80. The maximum Gasteiger partial charge on any atom is 0.344 e. The number of carbonyl (C=O) groups excluding carboxylic acids is 1. The van der Waals surface area contributed by atoms with E-state index in [0.717, 1.165) is 44.4 Å². The van der Waals surface area contributed by atoms with Gasteiger partial charge in [-0.3, -0.25) is 4.79 Å². The zero-order valence-corrected chi connectivity index (χ0v) is 21.5. The molecule has 0 unspecified atom stereocenters.